The Kier molecular flexibility index (Phi) is 7.52. The maximum Gasteiger partial charge on any atom is 0.252 e. The number of rotatable bonds is 9. The first kappa shape index (κ1) is 26.3. The molecule has 1 atom stereocenters. The molecule has 0 saturated carbocycles. The van der Waals surface area contributed by atoms with Gasteiger partial charge in [0.15, 0.2) is 0 Å². The normalized spacial score (nSPS) is 12.2. The van der Waals surface area contributed by atoms with Crippen molar-refractivity contribution in [1.29, 1.82) is 0 Å². The van der Waals surface area contributed by atoms with E-state index in [-0.39, 0.29) is 13.9 Å². The second-order valence-corrected chi connectivity index (χ2v) is 9.90. The number of pyridine rings is 1. The van der Waals surface area contributed by atoms with Crippen LogP contribution < -0.4 is 14.8 Å². The van der Waals surface area contributed by atoms with E-state index in [0.29, 0.717) is 46.1 Å². The van der Waals surface area contributed by atoms with Gasteiger partial charge in [-0.1, -0.05) is 30.3 Å². The van der Waals surface area contributed by atoms with Crippen LogP contribution in [0.5, 0.6) is 11.5 Å². The predicted molar refractivity (Wildman–Crippen MR) is 157 cm³/mol. The lowest BCUT2D eigenvalue weighted by Crippen LogP contribution is -2.39. The van der Waals surface area contributed by atoms with E-state index >= 15 is 0 Å². The molecular formula is C32H35N3O4. The van der Waals surface area contributed by atoms with E-state index in [1.54, 1.807) is 20.3 Å². The monoisotopic (exact) mass is 525 g/mol. The quantitative estimate of drug-likeness (QED) is 0.245. The van der Waals surface area contributed by atoms with Gasteiger partial charge in [0.05, 0.1) is 43.6 Å². The third-order valence-electron chi connectivity index (χ3n) is 7.03. The summed E-state index contributed by atoms with van der Waals surface area (Å²) in [5, 5.41) is 15.2. The van der Waals surface area contributed by atoms with Crippen LogP contribution >= 0.6 is 0 Å². The zero-order chi connectivity index (χ0) is 27.5. The fraction of sp³-hybridized carbons (Fsp3) is 0.250. The van der Waals surface area contributed by atoms with E-state index in [1.165, 1.54) is 0 Å². The Hall–Kier alpha value is -4.36. The fourth-order valence-corrected chi connectivity index (χ4v) is 5.01. The maximum atomic E-state index is 13.8. The second kappa shape index (κ2) is 11.2. The number of aliphatic hydroxyl groups is 1. The minimum atomic E-state index is -0.474. The third kappa shape index (κ3) is 5.31. The second-order valence-electron chi connectivity index (χ2n) is 9.90. The van der Waals surface area contributed by atoms with Crippen LogP contribution in [0.1, 0.15) is 37.2 Å². The van der Waals surface area contributed by atoms with E-state index < -0.39 is 6.04 Å². The Labute approximate surface area is 229 Å². The number of carbonyl (C=O) groups excluding carboxylic acids is 1. The predicted octanol–water partition coefficient (Wildman–Crippen LogP) is 6.03. The molecule has 0 radical (unpaired) electrons. The molecule has 2 N–H and O–H groups in total. The number of para-hydroxylation sites is 1. The molecule has 202 valence electrons. The van der Waals surface area contributed by atoms with Crippen LogP contribution in [0, 0.1) is 0 Å². The van der Waals surface area contributed by atoms with Gasteiger partial charge in [-0.15, -0.1) is 0 Å². The van der Waals surface area contributed by atoms with Crippen molar-refractivity contribution in [3.63, 3.8) is 0 Å². The summed E-state index contributed by atoms with van der Waals surface area (Å²) in [5.41, 5.74) is 4.83. The minimum absolute atomic E-state index is 0. The van der Waals surface area contributed by atoms with Gasteiger partial charge in [0.25, 0.3) is 5.91 Å². The van der Waals surface area contributed by atoms with E-state index in [2.05, 4.69) is 42.1 Å². The van der Waals surface area contributed by atoms with Crippen LogP contribution in [-0.4, -0.2) is 47.4 Å². The molecule has 0 aliphatic rings. The largest absolute Gasteiger partial charge is 0.497 e. The van der Waals surface area contributed by atoms with Crippen molar-refractivity contribution in [2.45, 2.75) is 32.4 Å². The average Bonchev–Trinajstić information content (AvgIpc) is 3.34. The number of nitrogens with one attached hydrogen (secondary N) is 1. The van der Waals surface area contributed by atoms with Crippen LogP contribution in [0.2, 0.25) is 0 Å². The molecule has 0 aliphatic heterocycles. The first-order valence-electron chi connectivity index (χ1n) is 13.0. The van der Waals surface area contributed by atoms with E-state index in [9.17, 15) is 9.90 Å². The zero-order valence-corrected chi connectivity index (χ0v) is 22.6. The van der Waals surface area contributed by atoms with Crippen molar-refractivity contribution in [1.82, 2.24) is 14.9 Å². The van der Waals surface area contributed by atoms with Crippen molar-refractivity contribution in [3.05, 3.63) is 90.1 Å². The van der Waals surface area contributed by atoms with Crippen LogP contribution in [0.4, 0.5) is 0 Å². The van der Waals surface area contributed by atoms with E-state index in [1.807, 2.05) is 54.6 Å². The maximum absolute atomic E-state index is 13.8. The number of benzene rings is 3. The van der Waals surface area contributed by atoms with Crippen LogP contribution in [0.15, 0.2) is 79.0 Å². The first-order valence-corrected chi connectivity index (χ1v) is 13.0. The molecule has 5 aromatic rings. The molecule has 5 rings (SSSR count). The standard InChI is InChI=1S/C32H33N3O4.H2/c1-20(2)35-18-22(26-10-5-6-11-31(26)35)14-23(19-36)33-32(37)28-17-30(21-8-7-9-24(15-21)38-3)34-29-13-12-25(39-4)16-27(28)29;/h5-13,15-18,20,23,36H,14,19H2,1-4H3,(H,33,37);1H/t23-;/m1./s1. The summed E-state index contributed by atoms with van der Waals surface area (Å²) in [4.78, 5) is 18.6. The number of carbonyl (C=O) groups is 1. The van der Waals surface area contributed by atoms with Gasteiger partial charge in [-0.3, -0.25) is 4.79 Å². The number of methoxy groups -OCH3 is 2. The lowest BCUT2D eigenvalue weighted by Gasteiger charge is -2.18. The lowest BCUT2D eigenvalue weighted by atomic mass is 10.0. The number of hydrogen-bond acceptors (Lipinski definition) is 5. The topological polar surface area (TPSA) is 85.6 Å². The molecule has 0 unspecified atom stereocenters. The highest BCUT2D eigenvalue weighted by Crippen LogP contribution is 2.30. The van der Waals surface area contributed by atoms with E-state index in [4.69, 9.17) is 14.5 Å². The summed E-state index contributed by atoms with van der Waals surface area (Å²) in [5.74, 6) is 1.05. The molecule has 39 heavy (non-hydrogen) atoms. The molecule has 0 aliphatic carbocycles. The molecule has 3 aromatic carbocycles. The van der Waals surface area contributed by atoms with Gasteiger partial charge >= 0.3 is 0 Å². The zero-order valence-electron chi connectivity index (χ0n) is 22.6. The summed E-state index contributed by atoms with van der Waals surface area (Å²) in [6, 6.07) is 22.9. The summed E-state index contributed by atoms with van der Waals surface area (Å²) >= 11 is 0. The Morgan fingerprint density at radius 3 is 2.49 bits per heavy atom. The van der Waals surface area contributed by atoms with Crippen LogP contribution in [-0.2, 0) is 6.42 Å². The summed E-state index contributed by atoms with van der Waals surface area (Å²) < 4.78 is 13.0. The third-order valence-corrected chi connectivity index (χ3v) is 7.03. The molecular weight excluding hydrogens is 490 g/mol. The molecule has 7 heteroatoms. The first-order chi connectivity index (χ1) is 18.9. The molecule has 0 bridgehead atoms. The Bertz CT molecular complexity index is 1650. The Morgan fingerprint density at radius 1 is 0.974 bits per heavy atom. The van der Waals surface area contributed by atoms with Crippen LogP contribution in [0.25, 0.3) is 33.1 Å². The molecule has 0 saturated heterocycles. The van der Waals surface area contributed by atoms with Gasteiger partial charge in [-0.05, 0) is 68.3 Å². The molecule has 2 aromatic heterocycles. The molecule has 0 fully saturated rings. The van der Waals surface area contributed by atoms with Crippen molar-refractivity contribution in [2.24, 2.45) is 0 Å². The van der Waals surface area contributed by atoms with Crippen LogP contribution in [0.3, 0.4) is 0 Å². The van der Waals surface area contributed by atoms with Gasteiger partial charge in [-0.25, -0.2) is 4.98 Å². The Balaban J connectivity index is 0.00000370. The van der Waals surface area contributed by atoms with Crippen molar-refractivity contribution < 1.29 is 20.8 Å². The number of ether oxygens (including phenoxy) is 2. The molecule has 2 heterocycles. The average molecular weight is 526 g/mol. The minimum Gasteiger partial charge on any atom is -0.497 e. The number of amides is 1. The van der Waals surface area contributed by atoms with Gasteiger partial charge in [0, 0.05) is 35.5 Å². The smallest absolute Gasteiger partial charge is 0.252 e. The Morgan fingerprint density at radius 2 is 1.74 bits per heavy atom. The number of hydrogen-bond donors (Lipinski definition) is 2. The number of aromatic nitrogens is 2. The highest BCUT2D eigenvalue weighted by Gasteiger charge is 2.21. The van der Waals surface area contributed by atoms with Crippen molar-refractivity contribution in [3.8, 4) is 22.8 Å². The van der Waals surface area contributed by atoms with Crippen molar-refractivity contribution in [2.75, 3.05) is 20.8 Å². The SMILES string of the molecule is COc1cccc(-c2cc(C(=O)N[C@@H](CO)Cc3cn(C(C)C)c4ccccc34)c3cc(OC)ccc3n2)c1.[HH]. The highest BCUT2D eigenvalue weighted by molar-refractivity contribution is 6.07. The number of nitrogens with zero attached hydrogens (tertiary/aromatic N) is 2. The van der Waals surface area contributed by atoms with Gasteiger partial charge < -0.3 is 24.5 Å². The molecule has 0 spiro atoms. The van der Waals surface area contributed by atoms with Gasteiger partial charge in [-0.2, -0.15) is 0 Å². The molecule has 7 nitrogen and oxygen atoms in total. The fourth-order valence-electron chi connectivity index (χ4n) is 5.01. The summed E-state index contributed by atoms with van der Waals surface area (Å²) in [6.07, 6.45) is 2.62. The lowest BCUT2D eigenvalue weighted by molar-refractivity contribution is 0.0918. The van der Waals surface area contributed by atoms with E-state index in [0.717, 1.165) is 22.0 Å². The van der Waals surface area contributed by atoms with Gasteiger partial charge in [0.2, 0.25) is 0 Å². The van der Waals surface area contributed by atoms with Gasteiger partial charge in [0.1, 0.15) is 11.5 Å². The number of fused-ring (bicyclic) bond motifs is 2. The molecule has 1 amide bonds. The number of aliphatic hydroxyl groups excluding tert-OH is 1. The summed E-state index contributed by atoms with van der Waals surface area (Å²) in [6.45, 7) is 4.09. The van der Waals surface area contributed by atoms with Crippen molar-refractivity contribution >= 4 is 27.7 Å². The highest BCUT2D eigenvalue weighted by atomic mass is 16.5. The summed E-state index contributed by atoms with van der Waals surface area (Å²) in [7, 11) is 3.21.